The van der Waals surface area contributed by atoms with Gasteiger partial charge in [0.1, 0.15) is 39.7 Å². The third kappa shape index (κ3) is 31.3. The number of benzene rings is 6. The standard InChI is InChI=1S/C56H70N14O18.C25H28N4O6S2.C7H4/c1-57-45(77)28-20-32(49(81)60-4)41(73)36(23-28)53(85)65-10-14-69(15-11-66-54(86)37-24-29(46(78)58-2)21-33(42(37)74)50(82)61-5)18-19-70(16-12-67-55(87)38-25-30(47(79)59-3)22-34(43(38)75)51(83)62-6)17-13-68-56(88)39-27-31(48(80)64-9-8-40(71)72)26-35(44(39)76)52(84)63-7;1-26-22(31)18-13-17(14-19(20(18)34-2)23(32)29-11-12-37-25(29)36)21(30)27-9-6-10-28-24(33)35-15-16-7-4-3-5-8-16;1-3-5-7-6-4-2/h20-27,73-76H,8-19H2,1-7H3,(H,57,77)(H,58,78)(H,59,79)(H,60,81)(H,61,82)(H,62,83)(H,63,84)(H,64,80)(H,65,85)(H,66,86)(H,67,87)(H,68,88)(H,71,72);3-5,7-8,13-14H,6,9-12,15H2,1-2H3,(H,26,31)(H,27,30)(H,28,33);1-2H2. The largest absolute Gasteiger partial charge is 0.506 e. The molecule has 132 heavy (non-hydrogen) atoms. The van der Waals surface area contributed by atoms with Crippen LogP contribution in [0.2, 0.25) is 0 Å². The fourth-order valence-corrected chi connectivity index (χ4v) is 13.3. The molecule has 0 aliphatic carbocycles. The van der Waals surface area contributed by atoms with Gasteiger partial charge in [-0.1, -0.05) is 65.8 Å². The summed E-state index contributed by atoms with van der Waals surface area (Å²) in [6.07, 6.45) is -0.568. The highest BCUT2D eigenvalue weighted by molar-refractivity contribution is 8.23. The summed E-state index contributed by atoms with van der Waals surface area (Å²) < 4.78 is 11.0. The van der Waals surface area contributed by atoms with Crippen LogP contribution in [-0.4, -0.2) is 306 Å². The molecular weight excluding hydrogens is 1760 g/mol. The lowest BCUT2D eigenvalue weighted by Crippen LogP contribution is -2.46. The van der Waals surface area contributed by atoms with Gasteiger partial charge < -0.3 is 115 Å². The number of carboxylic acids is 1. The SMILES string of the molecule is C=C=C=C=C=C=C.CNC(=O)c1cc(C(=O)NC)c(O)c(C(=O)NCCN(CCNC(=O)c2cc(C(=O)NC)cc(C(=O)NC)c2O)CCN(CCNC(=O)c2cc(C(=O)NC)cc(C(=O)NC)c2O)CCNC(=O)c2cc(C(=O)NCCC(=O)O)cc(C(=O)NC)c2O)c1.CNC(=O)c1cc(C(=O)NCCCNC(=O)OCc2ccccc2)cc(C(=O)N2CCSC2=S)c1OC. The molecule has 0 unspecified atom stereocenters. The lowest BCUT2D eigenvalue weighted by molar-refractivity contribution is -0.136. The Morgan fingerprint density at radius 1 is 0.394 bits per heavy atom. The number of ether oxygens (including phenoxy) is 2. The van der Waals surface area contributed by atoms with Gasteiger partial charge in [-0.15, -0.1) is 0 Å². The maximum atomic E-state index is 13.8. The molecule has 6 aromatic carbocycles. The van der Waals surface area contributed by atoms with E-state index in [9.17, 15) is 102 Å². The van der Waals surface area contributed by atoms with Crippen molar-refractivity contribution in [1.29, 1.82) is 0 Å². The number of carbonyl (C=O) groups is 17. The molecule has 1 aliphatic heterocycles. The van der Waals surface area contributed by atoms with Crippen LogP contribution in [0.3, 0.4) is 0 Å². The van der Waals surface area contributed by atoms with Gasteiger partial charge in [-0.2, -0.15) is 0 Å². The average Bonchev–Trinajstić information content (AvgIpc) is 1.27. The lowest BCUT2D eigenvalue weighted by atomic mass is 10.0. The minimum Gasteiger partial charge on any atom is -0.506 e. The predicted octanol–water partition coefficient (Wildman–Crippen LogP) is 1.01. The van der Waals surface area contributed by atoms with E-state index in [1.165, 1.54) is 92.3 Å². The number of nitrogens with one attached hydrogen (secondary N) is 15. The molecule has 1 fully saturated rings. The highest BCUT2D eigenvalue weighted by Crippen LogP contribution is 2.33. The number of phenolic OH excluding ortho intramolecular Hbond substituents is 4. The zero-order valence-electron chi connectivity index (χ0n) is 73.5. The summed E-state index contributed by atoms with van der Waals surface area (Å²) in [5.41, 5.74) is 8.98. The number of hydrogen-bond acceptors (Lipinski definition) is 27. The molecule has 20 N–H and O–H groups in total. The van der Waals surface area contributed by atoms with Crippen LogP contribution in [0.5, 0.6) is 28.7 Å². The third-order valence-corrected chi connectivity index (χ3v) is 20.4. The molecule has 16 amide bonds. The van der Waals surface area contributed by atoms with E-state index >= 15 is 0 Å². The molecule has 0 bridgehead atoms. The van der Waals surface area contributed by atoms with Crippen LogP contribution in [0.25, 0.3) is 0 Å². The number of methoxy groups -OCH3 is 1. The number of hydrogen-bond donors (Lipinski definition) is 20. The molecule has 1 saturated heterocycles. The Bertz CT molecular complexity index is 5460. The van der Waals surface area contributed by atoms with Crippen molar-refractivity contribution in [3.8, 4) is 28.7 Å². The van der Waals surface area contributed by atoms with E-state index in [1.807, 2.05) is 30.3 Å². The Labute approximate surface area is 767 Å². The van der Waals surface area contributed by atoms with Gasteiger partial charge in [0.2, 0.25) is 0 Å². The van der Waals surface area contributed by atoms with E-state index in [1.54, 1.807) is 9.80 Å². The van der Waals surface area contributed by atoms with Crippen LogP contribution >= 0.6 is 24.0 Å². The highest BCUT2D eigenvalue weighted by Gasteiger charge is 2.33. The van der Waals surface area contributed by atoms with E-state index in [2.05, 4.69) is 122 Å². The maximum absolute atomic E-state index is 13.8. The van der Waals surface area contributed by atoms with Gasteiger partial charge in [0.05, 0.1) is 69.2 Å². The van der Waals surface area contributed by atoms with Crippen LogP contribution in [0.1, 0.15) is 174 Å². The van der Waals surface area contributed by atoms with E-state index in [0.29, 0.717) is 23.0 Å². The number of rotatable bonds is 40. The smallest absolute Gasteiger partial charge is 0.407 e. The Morgan fingerprint density at radius 2 is 0.697 bits per heavy atom. The fourth-order valence-electron chi connectivity index (χ4n) is 12.1. The van der Waals surface area contributed by atoms with Crippen LogP contribution in [0.15, 0.2) is 133 Å². The van der Waals surface area contributed by atoms with E-state index in [0.717, 1.165) is 54.1 Å². The van der Waals surface area contributed by atoms with Crippen molar-refractivity contribution in [3.63, 3.8) is 0 Å². The van der Waals surface area contributed by atoms with Crippen LogP contribution in [0.4, 0.5) is 4.79 Å². The van der Waals surface area contributed by atoms with Crippen molar-refractivity contribution in [1.82, 2.24) is 94.5 Å². The first-order valence-corrected chi connectivity index (χ1v) is 41.5. The van der Waals surface area contributed by atoms with Gasteiger partial charge in [-0.05, 0) is 103 Å². The summed E-state index contributed by atoms with van der Waals surface area (Å²) in [5, 5.41) is 90.5. The number of nitrogens with zero attached hydrogens (tertiary/aromatic N) is 3. The number of thioether (sulfide) groups is 1. The molecule has 0 spiro atoms. The van der Waals surface area contributed by atoms with Crippen molar-refractivity contribution in [3.05, 3.63) is 222 Å². The number of amides is 16. The van der Waals surface area contributed by atoms with E-state index in [-0.39, 0.29) is 153 Å². The number of aromatic hydroxyl groups is 4. The zero-order chi connectivity index (χ0) is 97.8. The molecule has 44 heteroatoms. The fraction of sp³-hybridized carbons (Fsp3) is 0.307. The Hall–Kier alpha value is -15.9. The predicted molar refractivity (Wildman–Crippen MR) is 486 cm³/mol. The number of alkyl carbamates (subject to hydrolysis) is 1. The minimum atomic E-state index is -1.22. The van der Waals surface area contributed by atoms with Gasteiger partial charge in [-0.3, -0.25) is 91.4 Å². The molecule has 0 aromatic heterocycles. The number of thiocarbonyl (C=S) groups is 1. The quantitative estimate of drug-likeness (QED) is 0.0145. The average molecular weight is 1860 g/mol. The van der Waals surface area contributed by atoms with Crippen molar-refractivity contribution >= 4 is 129 Å². The Balaban J connectivity index is 0.000000573. The minimum absolute atomic E-state index is 0.0127. The molecule has 0 atom stereocenters. The third-order valence-electron chi connectivity index (χ3n) is 18.9. The topological polar surface area (TPSA) is 600 Å². The summed E-state index contributed by atoms with van der Waals surface area (Å²) in [4.78, 5) is 223. The Kier molecular flexibility index (Phi) is 43.9. The van der Waals surface area contributed by atoms with Crippen molar-refractivity contribution in [2.24, 2.45) is 0 Å². The Morgan fingerprint density at radius 3 is 1.02 bits per heavy atom. The number of aliphatic carboxylic acids is 1. The summed E-state index contributed by atoms with van der Waals surface area (Å²) in [6, 6.07) is 20.6. The first-order valence-electron chi connectivity index (χ1n) is 40.1. The van der Waals surface area contributed by atoms with Gasteiger partial charge in [0.25, 0.3) is 88.6 Å². The molecule has 7 rings (SSSR count). The maximum Gasteiger partial charge on any atom is 0.407 e. The second kappa shape index (κ2) is 54.3. The molecular formula is C88H102N18O24S2. The summed E-state index contributed by atoms with van der Waals surface area (Å²) in [6.45, 7) is 6.18. The highest BCUT2D eigenvalue weighted by atomic mass is 32.2. The van der Waals surface area contributed by atoms with Crippen LogP contribution < -0.4 is 84.5 Å². The molecule has 0 radical (unpaired) electrons. The first-order chi connectivity index (χ1) is 63.1. The van der Waals surface area contributed by atoms with E-state index < -0.39 is 158 Å². The first kappa shape index (κ1) is 107. The molecule has 6 aromatic rings. The zero-order valence-corrected chi connectivity index (χ0v) is 75.1. The van der Waals surface area contributed by atoms with Crippen molar-refractivity contribution < 1.29 is 117 Å². The van der Waals surface area contributed by atoms with Crippen LogP contribution in [0, 0.1) is 0 Å². The second-order valence-electron chi connectivity index (χ2n) is 27.4. The lowest BCUT2D eigenvalue weighted by Gasteiger charge is -2.28. The second-order valence-corrected chi connectivity index (χ2v) is 29.2. The van der Waals surface area contributed by atoms with Gasteiger partial charge in [0, 0.05) is 182 Å². The molecule has 42 nitrogen and oxygen atoms in total. The number of carboxylic acid groups (broad SMARTS) is 1. The molecule has 700 valence electrons. The monoisotopic (exact) mass is 1860 g/mol. The van der Waals surface area contributed by atoms with Crippen molar-refractivity contribution in [2.75, 3.05) is 161 Å². The summed E-state index contributed by atoms with van der Waals surface area (Å²) >= 11 is 6.64. The van der Waals surface area contributed by atoms with Gasteiger partial charge in [0.15, 0.2) is 0 Å². The van der Waals surface area contributed by atoms with Gasteiger partial charge in [-0.25, -0.2) is 4.79 Å². The summed E-state index contributed by atoms with van der Waals surface area (Å²) in [7, 11) is 11.8. The van der Waals surface area contributed by atoms with E-state index in [4.69, 9.17) is 26.8 Å². The molecule has 1 heterocycles. The molecule has 1 aliphatic rings. The number of carbonyl (C=O) groups excluding carboxylic acids is 16. The summed E-state index contributed by atoms with van der Waals surface area (Å²) in [5.74, 6) is -14.9. The van der Waals surface area contributed by atoms with Crippen molar-refractivity contribution in [2.45, 2.75) is 19.4 Å². The van der Waals surface area contributed by atoms with Crippen LogP contribution in [-0.2, 0) is 16.1 Å². The van der Waals surface area contributed by atoms with Gasteiger partial charge >= 0.3 is 12.1 Å². The molecule has 0 saturated carbocycles. The number of phenols is 4. The normalized spacial score (nSPS) is 10.8.